The van der Waals surface area contributed by atoms with E-state index in [4.69, 9.17) is 9.47 Å². The first-order valence-electron chi connectivity index (χ1n) is 7.44. The third-order valence-corrected chi connectivity index (χ3v) is 4.01. The van der Waals surface area contributed by atoms with Gasteiger partial charge in [-0.1, -0.05) is 43.2 Å². The number of carbonyl (C=O) groups is 3. The van der Waals surface area contributed by atoms with Gasteiger partial charge in [-0.2, -0.15) is 0 Å². The zero-order valence-electron chi connectivity index (χ0n) is 12.7. The lowest BCUT2D eigenvalue weighted by Crippen LogP contribution is -2.44. The topological polar surface area (TPSA) is 69.7 Å². The van der Waals surface area contributed by atoms with Gasteiger partial charge in [-0.15, -0.1) is 0 Å². The van der Waals surface area contributed by atoms with Crippen molar-refractivity contribution < 1.29 is 23.9 Å². The lowest BCUT2D eigenvalue weighted by Gasteiger charge is -2.29. The Bertz CT molecular complexity index is 551. The summed E-state index contributed by atoms with van der Waals surface area (Å²) in [6.07, 6.45) is 2.37. The maximum absolute atomic E-state index is 12.5. The summed E-state index contributed by atoms with van der Waals surface area (Å²) < 4.78 is 9.97. The van der Waals surface area contributed by atoms with Gasteiger partial charge in [-0.3, -0.25) is 14.4 Å². The Morgan fingerprint density at radius 2 is 1.91 bits per heavy atom. The van der Waals surface area contributed by atoms with E-state index in [0.29, 0.717) is 12.0 Å². The molecule has 1 aliphatic rings. The molecule has 2 rings (SSSR count). The second kappa shape index (κ2) is 7.20. The molecule has 1 aromatic carbocycles. The highest BCUT2D eigenvalue weighted by atomic mass is 16.6. The number of esters is 2. The van der Waals surface area contributed by atoms with Gasteiger partial charge >= 0.3 is 11.9 Å². The number of hydrogen-bond acceptors (Lipinski definition) is 5. The van der Waals surface area contributed by atoms with Gasteiger partial charge in [-0.25, -0.2) is 0 Å². The van der Waals surface area contributed by atoms with Crippen LogP contribution in [0.2, 0.25) is 0 Å². The fraction of sp³-hybridized carbons (Fsp3) is 0.471. The van der Waals surface area contributed by atoms with E-state index >= 15 is 0 Å². The molecule has 1 heterocycles. The molecule has 5 nitrogen and oxygen atoms in total. The molecule has 5 heteroatoms. The highest BCUT2D eigenvalue weighted by Gasteiger charge is 2.50. The maximum atomic E-state index is 12.5. The predicted molar refractivity (Wildman–Crippen MR) is 79.3 cm³/mol. The summed E-state index contributed by atoms with van der Waals surface area (Å²) in [5.74, 6) is -1.60. The maximum Gasteiger partial charge on any atom is 0.323 e. The average molecular weight is 304 g/mol. The zero-order chi connectivity index (χ0) is 16.0. The molecule has 0 bridgehead atoms. The van der Waals surface area contributed by atoms with Gasteiger partial charge < -0.3 is 9.47 Å². The minimum Gasteiger partial charge on any atom is -0.468 e. The van der Waals surface area contributed by atoms with Gasteiger partial charge in [0.2, 0.25) is 0 Å². The molecule has 0 spiro atoms. The van der Waals surface area contributed by atoms with Crippen molar-refractivity contribution in [3.8, 4) is 0 Å². The third-order valence-electron chi connectivity index (χ3n) is 4.01. The van der Waals surface area contributed by atoms with Crippen LogP contribution in [0.15, 0.2) is 30.3 Å². The molecular formula is C17H20O5. The molecule has 1 atom stereocenters. The minimum absolute atomic E-state index is 0.220. The van der Waals surface area contributed by atoms with Gasteiger partial charge in [0.05, 0.1) is 13.7 Å². The molecule has 118 valence electrons. The number of cyclic esters (lactones) is 1. The van der Waals surface area contributed by atoms with Gasteiger partial charge in [-0.05, 0) is 12.8 Å². The van der Waals surface area contributed by atoms with E-state index in [1.165, 1.54) is 7.11 Å². The van der Waals surface area contributed by atoms with Crippen LogP contribution < -0.4 is 0 Å². The Labute approximate surface area is 129 Å². The van der Waals surface area contributed by atoms with Crippen molar-refractivity contribution >= 4 is 17.7 Å². The van der Waals surface area contributed by atoms with Crippen molar-refractivity contribution in [1.29, 1.82) is 0 Å². The van der Waals surface area contributed by atoms with Crippen molar-refractivity contribution in [3.05, 3.63) is 35.9 Å². The molecule has 0 amide bonds. The molecule has 1 fully saturated rings. The van der Waals surface area contributed by atoms with Crippen LogP contribution in [0.25, 0.3) is 0 Å². The van der Waals surface area contributed by atoms with E-state index in [1.807, 2.05) is 0 Å². The SMILES string of the molecule is COC(=O)C1(CC(=O)c2ccccc2)CCCCCOC1=O. The molecule has 0 aliphatic carbocycles. The third kappa shape index (κ3) is 3.35. The average Bonchev–Trinajstić information content (AvgIpc) is 2.54. The van der Waals surface area contributed by atoms with Crippen LogP contribution in [0.3, 0.4) is 0 Å². The summed E-state index contributed by atoms with van der Waals surface area (Å²) in [6, 6.07) is 8.63. The fourth-order valence-electron chi connectivity index (χ4n) is 2.72. The highest BCUT2D eigenvalue weighted by Crippen LogP contribution is 2.35. The van der Waals surface area contributed by atoms with Crippen LogP contribution in [0.4, 0.5) is 0 Å². The number of ketones is 1. The predicted octanol–water partition coefficient (Wildman–Crippen LogP) is 2.54. The van der Waals surface area contributed by atoms with Crippen molar-refractivity contribution in [2.75, 3.05) is 13.7 Å². The molecule has 22 heavy (non-hydrogen) atoms. The van der Waals surface area contributed by atoms with Gasteiger partial charge in [0.15, 0.2) is 11.2 Å². The first-order chi connectivity index (χ1) is 10.6. The Morgan fingerprint density at radius 3 is 2.59 bits per heavy atom. The Balaban J connectivity index is 2.30. The first kappa shape index (κ1) is 16.2. The molecule has 0 radical (unpaired) electrons. The Hall–Kier alpha value is -2.17. The fourth-order valence-corrected chi connectivity index (χ4v) is 2.72. The van der Waals surface area contributed by atoms with Gasteiger partial charge in [0, 0.05) is 12.0 Å². The number of rotatable bonds is 4. The van der Waals surface area contributed by atoms with Crippen LogP contribution in [-0.2, 0) is 19.1 Å². The van der Waals surface area contributed by atoms with E-state index < -0.39 is 17.4 Å². The molecule has 1 aromatic rings. The Kier molecular flexibility index (Phi) is 5.31. The van der Waals surface area contributed by atoms with Crippen LogP contribution in [0.1, 0.15) is 42.5 Å². The van der Waals surface area contributed by atoms with Crippen LogP contribution in [-0.4, -0.2) is 31.4 Å². The normalized spacial score (nSPS) is 22.1. The number of Topliss-reactive ketones (excluding diaryl/α,β-unsaturated/α-hetero) is 1. The zero-order valence-corrected chi connectivity index (χ0v) is 12.7. The van der Waals surface area contributed by atoms with Gasteiger partial charge in [0.25, 0.3) is 0 Å². The van der Waals surface area contributed by atoms with E-state index in [2.05, 4.69) is 0 Å². The standard InChI is InChI=1S/C17H20O5/c1-21-15(19)17(10-6-3-7-11-22-16(17)20)12-14(18)13-8-4-2-5-9-13/h2,4-5,8-9H,3,6-7,10-12H2,1H3. The number of methoxy groups -OCH3 is 1. The van der Waals surface area contributed by atoms with Crippen LogP contribution in [0, 0.1) is 5.41 Å². The summed E-state index contributed by atoms with van der Waals surface area (Å²) in [4.78, 5) is 37.1. The summed E-state index contributed by atoms with van der Waals surface area (Å²) in [7, 11) is 1.23. The molecule has 1 saturated heterocycles. The summed E-state index contributed by atoms with van der Waals surface area (Å²) in [5, 5.41) is 0. The lowest BCUT2D eigenvalue weighted by atomic mass is 9.76. The first-order valence-corrected chi connectivity index (χ1v) is 7.44. The lowest BCUT2D eigenvalue weighted by molar-refractivity contribution is -0.172. The van der Waals surface area contributed by atoms with Crippen molar-refractivity contribution in [1.82, 2.24) is 0 Å². The summed E-state index contributed by atoms with van der Waals surface area (Å²) >= 11 is 0. The van der Waals surface area contributed by atoms with Gasteiger partial charge in [0.1, 0.15) is 0 Å². The summed E-state index contributed by atoms with van der Waals surface area (Å²) in [6.45, 7) is 0.275. The number of carbonyl (C=O) groups excluding carboxylic acids is 3. The van der Waals surface area contributed by atoms with Crippen LogP contribution in [0.5, 0.6) is 0 Å². The number of hydrogen-bond donors (Lipinski definition) is 0. The molecule has 0 N–H and O–H groups in total. The highest BCUT2D eigenvalue weighted by molar-refractivity contribution is 6.07. The Morgan fingerprint density at radius 1 is 1.18 bits per heavy atom. The molecular weight excluding hydrogens is 284 g/mol. The number of benzene rings is 1. The smallest absolute Gasteiger partial charge is 0.323 e. The largest absolute Gasteiger partial charge is 0.468 e. The number of ether oxygens (including phenoxy) is 2. The molecule has 1 aliphatic heterocycles. The van der Waals surface area contributed by atoms with E-state index in [9.17, 15) is 14.4 Å². The molecule has 0 saturated carbocycles. The molecule has 1 unspecified atom stereocenters. The second-order valence-electron chi connectivity index (χ2n) is 5.49. The summed E-state index contributed by atoms with van der Waals surface area (Å²) in [5.41, 5.74) is -1.05. The van der Waals surface area contributed by atoms with E-state index in [0.717, 1.165) is 12.8 Å². The van der Waals surface area contributed by atoms with E-state index in [-0.39, 0.29) is 25.2 Å². The van der Waals surface area contributed by atoms with Crippen molar-refractivity contribution in [2.45, 2.75) is 32.1 Å². The van der Waals surface area contributed by atoms with E-state index in [1.54, 1.807) is 30.3 Å². The van der Waals surface area contributed by atoms with Crippen molar-refractivity contribution in [2.24, 2.45) is 5.41 Å². The second-order valence-corrected chi connectivity index (χ2v) is 5.49. The van der Waals surface area contributed by atoms with Crippen LogP contribution >= 0.6 is 0 Å². The van der Waals surface area contributed by atoms with Crippen molar-refractivity contribution in [3.63, 3.8) is 0 Å². The minimum atomic E-state index is -1.53. The monoisotopic (exact) mass is 304 g/mol. The quantitative estimate of drug-likeness (QED) is 0.486. The molecule has 0 aromatic heterocycles.